The van der Waals surface area contributed by atoms with E-state index < -0.39 is 35.8 Å². The van der Waals surface area contributed by atoms with Crippen LogP contribution in [0.5, 0.6) is 0 Å². The molecule has 0 N–H and O–H groups in total. The number of hydrogen-bond acceptors (Lipinski definition) is 2. The van der Waals surface area contributed by atoms with E-state index in [4.69, 9.17) is 0 Å². The van der Waals surface area contributed by atoms with Crippen molar-refractivity contribution >= 4 is 11.6 Å². The third-order valence-electron chi connectivity index (χ3n) is 5.18. The SMILES string of the molecule is C=CC(=O)N(c1ccc(-c2ccc(C(F)(F)F)cc2)nc1)C1CCC(C(F)(F)F)C1. The molecule has 1 aromatic carbocycles. The number of hydrogen-bond donors (Lipinski definition) is 0. The molecule has 9 heteroatoms. The van der Waals surface area contributed by atoms with Gasteiger partial charge in [0.2, 0.25) is 0 Å². The Morgan fingerprint density at radius 1 is 1.03 bits per heavy atom. The van der Waals surface area contributed by atoms with Gasteiger partial charge in [-0.15, -0.1) is 0 Å². The van der Waals surface area contributed by atoms with Gasteiger partial charge in [0.1, 0.15) is 0 Å². The second-order valence-corrected chi connectivity index (χ2v) is 7.09. The minimum atomic E-state index is -4.45. The maximum atomic E-state index is 13.0. The molecule has 1 amide bonds. The maximum Gasteiger partial charge on any atom is 0.416 e. The summed E-state index contributed by atoms with van der Waals surface area (Å²) < 4.78 is 77.1. The Hall–Kier alpha value is -2.84. The third kappa shape index (κ3) is 4.66. The molecule has 2 aromatic rings. The van der Waals surface area contributed by atoms with Crippen LogP contribution in [0.4, 0.5) is 32.0 Å². The summed E-state index contributed by atoms with van der Waals surface area (Å²) in [6, 6.07) is 6.83. The van der Waals surface area contributed by atoms with Crippen LogP contribution >= 0.6 is 0 Å². The maximum absolute atomic E-state index is 13.0. The summed E-state index contributed by atoms with van der Waals surface area (Å²) in [6.45, 7) is 3.41. The summed E-state index contributed by atoms with van der Waals surface area (Å²) in [5, 5.41) is 0. The summed E-state index contributed by atoms with van der Waals surface area (Å²) in [7, 11) is 0. The highest BCUT2D eigenvalue weighted by Gasteiger charge is 2.46. The number of carbonyl (C=O) groups is 1. The molecule has 1 fully saturated rings. The first-order chi connectivity index (χ1) is 14.0. The van der Waals surface area contributed by atoms with Crippen LogP contribution in [0.1, 0.15) is 24.8 Å². The van der Waals surface area contributed by atoms with E-state index in [0.717, 1.165) is 18.2 Å². The van der Waals surface area contributed by atoms with Gasteiger partial charge >= 0.3 is 12.4 Å². The number of carbonyl (C=O) groups excluding carboxylic acids is 1. The standard InChI is InChI=1S/C21H18F6N2O/c1-2-19(30)29(16-8-7-15(11-16)21(25,26)27)17-9-10-18(28-12-17)13-3-5-14(6-4-13)20(22,23)24/h2-6,9-10,12,15-16H,1,7-8,11H2. The first-order valence-electron chi connectivity index (χ1n) is 9.16. The lowest BCUT2D eigenvalue weighted by molar-refractivity contribution is -0.172. The van der Waals surface area contributed by atoms with E-state index in [2.05, 4.69) is 11.6 Å². The molecule has 2 atom stereocenters. The molecule has 0 radical (unpaired) electrons. The number of nitrogens with zero attached hydrogens (tertiary/aromatic N) is 2. The van der Waals surface area contributed by atoms with Gasteiger partial charge in [-0.2, -0.15) is 26.3 Å². The first kappa shape index (κ1) is 21.9. The Balaban J connectivity index is 1.83. The fourth-order valence-corrected chi connectivity index (χ4v) is 3.64. The molecule has 0 saturated heterocycles. The summed E-state index contributed by atoms with van der Waals surface area (Å²) in [4.78, 5) is 17.8. The third-order valence-corrected chi connectivity index (χ3v) is 5.18. The largest absolute Gasteiger partial charge is 0.416 e. The average molecular weight is 428 g/mol. The van der Waals surface area contributed by atoms with Crippen molar-refractivity contribution in [2.45, 2.75) is 37.7 Å². The van der Waals surface area contributed by atoms with E-state index in [0.29, 0.717) is 16.9 Å². The second-order valence-electron chi connectivity index (χ2n) is 7.09. The molecule has 1 heterocycles. The van der Waals surface area contributed by atoms with Gasteiger partial charge in [-0.25, -0.2) is 0 Å². The number of anilines is 1. The smallest absolute Gasteiger partial charge is 0.304 e. The summed E-state index contributed by atoms with van der Waals surface area (Å²) in [6.07, 6.45) is -6.47. The number of benzene rings is 1. The highest BCUT2D eigenvalue weighted by molar-refractivity contribution is 6.01. The van der Waals surface area contributed by atoms with Crippen LogP contribution in [0.3, 0.4) is 0 Å². The quantitative estimate of drug-likeness (QED) is 0.441. The lowest BCUT2D eigenvalue weighted by Gasteiger charge is -2.28. The molecule has 1 aliphatic carbocycles. The van der Waals surface area contributed by atoms with Crippen molar-refractivity contribution in [3.8, 4) is 11.3 Å². The molecule has 160 valence electrons. The highest BCUT2D eigenvalue weighted by Crippen LogP contribution is 2.41. The molecule has 0 bridgehead atoms. The Morgan fingerprint density at radius 2 is 1.70 bits per heavy atom. The molecular weight excluding hydrogens is 410 g/mol. The number of halogens is 6. The average Bonchev–Trinajstić information content (AvgIpc) is 3.18. The predicted octanol–water partition coefficient (Wildman–Crippen LogP) is 6.02. The van der Waals surface area contributed by atoms with Crippen LogP contribution in [0, 0.1) is 5.92 Å². The predicted molar refractivity (Wildman–Crippen MR) is 99.5 cm³/mol. The summed E-state index contributed by atoms with van der Waals surface area (Å²) in [5.74, 6) is -2.01. The van der Waals surface area contributed by atoms with Gasteiger partial charge in [0, 0.05) is 11.6 Å². The number of amides is 1. The lowest BCUT2D eigenvalue weighted by atomic mass is 10.1. The fourth-order valence-electron chi connectivity index (χ4n) is 3.64. The van der Waals surface area contributed by atoms with Crippen molar-refractivity contribution in [1.29, 1.82) is 0 Å². The number of aromatic nitrogens is 1. The van der Waals surface area contributed by atoms with E-state index in [1.807, 2.05) is 0 Å². The Labute approximate surface area is 169 Å². The normalized spacial score (nSPS) is 19.5. The summed E-state index contributed by atoms with van der Waals surface area (Å²) >= 11 is 0. The van der Waals surface area contributed by atoms with Crippen LogP contribution in [-0.4, -0.2) is 23.1 Å². The Bertz CT molecular complexity index is 903. The number of pyridine rings is 1. The fraction of sp³-hybridized carbons (Fsp3) is 0.333. The van der Waals surface area contributed by atoms with E-state index in [1.54, 1.807) is 0 Å². The zero-order chi connectivity index (χ0) is 22.1. The molecule has 3 rings (SSSR count). The molecule has 30 heavy (non-hydrogen) atoms. The van der Waals surface area contributed by atoms with Gasteiger partial charge in [-0.05, 0) is 49.6 Å². The van der Waals surface area contributed by atoms with Crippen molar-refractivity contribution in [1.82, 2.24) is 4.98 Å². The van der Waals surface area contributed by atoms with Crippen molar-refractivity contribution in [2.24, 2.45) is 5.92 Å². The molecule has 1 aromatic heterocycles. The minimum Gasteiger partial charge on any atom is -0.304 e. The summed E-state index contributed by atoms with van der Waals surface area (Å²) in [5.41, 5.74) is 0.335. The van der Waals surface area contributed by atoms with E-state index >= 15 is 0 Å². The van der Waals surface area contributed by atoms with E-state index in [-0.39, 0.29) is 19.3 Å². The molecule has 3 nitrogen and oxygen atoms in total. The van der Waals surface area contributed by atoms with Crippen molar-refractivity contribution in [2.75, 3.05) is 4.90 Å². The van der Waals surface area contributed by atoms with E-state index in [9.17, 15) is 31.1 Å². The van der Waals surface area contributed by atoms with E-state index in [1.165, 1.54) is 35.4 Å². The van der Waals surface area contributed by atoms with Gasteiger partial charge in [0.05, 0.1) is 29.1 Å². The van der Waals surface area contributed by atoms with Crippen molar-refractivity contribution in [3.05, 3.63) is 60.8 Å². The van der Waals surface area contributed by atoms with Crippen molar-refractivity contribution < 1.29 is 31.1 Å². The zero-order valence-electron chi connectivity index (χ0n) is 15.7. The van der Waals surface area contributed by atoms with Crippen LogP contribution in [0.2, 0.25) is 0 Å². The molecular formula is C21H18F6N2O. The number of rotatable bonds is 4. The first-order valence-corrected chi connectivity index (χ1v) is 9.16. The molecule has 0 aliphatic heterocycles. The monoisotopic (exact) mass is 428 g/mol. The van der Waals surface area contributed by atoms with Crippen LogP contribution in [-0.2, 0) is 11.0 Å². The van der Waals surface area contributed by atoms with Crippen molar-refractivity contribution in [3.63, 3.8) is 0 Å². The van der Waals surface area contributed by atoms with Gasteiger partial charge in [-0.1, -0.05) is 18.7 Å². The van der Waals surface area contributed by atoms with Gasteiger partial charge in [0.25, 0.3) is 5.91 Å². The minimum absolute atomic E-state index is 0.0633. The Kier molecular flexibility index (Phi) is 5.92. The molecule has 0 spiro atoms. The molecule has 1 saturated carbocycles. The molecule has 1 aliphatic rings. The Morgan fingerprint density at radius 3 is 2.17 bits per heavy atom. The van der Waals surface area contributed by atoms with Crippen LogP contribution in [0.15, 0.2) is 55.3 Å². The zero-order valence-corrected chi connectivity index (χ0v) is 15.7. The second kappa shape index (κ2) is 8.12. The number of alkyl halides is 6. The van der Waals surface area contributed by atoms with Crippen LogP contribution < -0.4 is 4.90 Å². The highest BCUT2D eigenvalue weighted by atomic mass is 19.4. The van der Waals surface area contributed by atoms with Gasteiger partial charge in [-0.3, -0.25) is 9.78 Å². The van der Waals surface area contributed by atoms with Gasteiger partial charge in [0.15, 0.2) is 0 Å². The van der Waals surface area contributed by atoms with Gasteiger partial charge < -0.3 is 4.90 Å². The molecule has 2 unspecified atom stereocenters. The lowest BCUT2D eigenvalue weighted by Crippen LogP contribution is -2.38. The van der Waals surface area contributed by atoms with Crippen LogP contribution in [0.25, 0.3) is 11.3 Å². The topological polar surface area (TPSA) is 33.2 Å².